The Hall–Kier alpha value is -1.20. The van der Waals surface area contributed by atoms with Crippen molar-refractivity contribution in [3.8, 4) is 0 Å². The number of halogens is 1. The van der Waals surface area contributed by atoms with Crippen molar-refractivity contribution in [3.63, 3.8) is 0 Å². The topological polar surface area (TPSA) is 46.3 Å². The van der Waals surface area contributed by atoms with Crippen molar-refractivity contribution in [2.75, 3.05) is 5.75 Å². The molecule has 0 radical (unpaired) electrons. The minimum Gasteiger partial charge on any atom is -0.431 e. The molecule has 118 valence electrons. The number of hydrogen-bond acceptors (Lipinski definition) is 4. The molecule has 2 aromatic rings. The Morgan fingerprint density at radius 3 is 2.86 bits per heavy atom. The molecule has 0 N–H and O–H groups in total. The number of fused-ring (bicyclic) bond motifs is 1. The highest BCUT2D eigenvalue weighted by atomic mass is 35.5. The number of hydrogen-bond donors (Lipinski definition) is 0. The highest BCUT2D eigenvalue weighted by molar-refractivity contribution is 7.99. The molecule has 3 rings (SSSR count). The van der Waals surface area contributed by atoms with Gasteiger partial charge in [0.05, 0.1) is 5.75 Å². The van der Waals surface area contributed by atoms with Crippen molar-refractivity contribution in [2.24, 2.45) is 0 Å². The van der Waals surface area contributed by atoms with Crippen molar-refractivity contribution < 1.29 is 9.21 Å². The summed E-state index contributed by atoms with van der Waals surface area (Å²) in [6.07, 6.45) is 3.37. The van der Waals surface area contributed by atoms with E-state index in [0.717, 1.165) is 18.4 Å². The minimum absolute atomic E-state index is 0.157. The molecule has 2 atom stereocenters. The molecule has 1 aliphatic rings. The summed E-state index contributed by atoms with van der Waals surface area (Å²) < 4.78 is 5.64. The monoisotopic (exact) mass is 338 g/mol. The number of carbonyl (C=O) groups is 1. The molecule has 0 bridgehead atoms. The van der Waals surface area contributed by atoms with E-state index in [1.165, 1.54) is 18.2 Å². The van der Waals surface area contributed by atoms with Gasteiger partial charge in [-0.1, -0.05) is 23.4 Å². The van der Waals surface area contributed by atoms with E-state index in [-0.39, 0.29) is 5.91 Å². The Morgan fingerprint density at radius 1 is 1.41 bits per heavy atom. The maximum absolute atomic E-state index is 12.5. The van der Waals surface area contributed by atoms with E-state index in [9.17, 15) is 4.79 Å². The summed E-state index contributed by atoms with van der Waals surface area (Å²) >= 11 is 7.29. The number of piperidine rings is 1. The molecule has 1 aliphatic heterocycles. The summed E-state index contributed by atoms with van der Waals surface area (Å²) in [7, 11) is 0. The molecule has 1 fully saturated rings. The zero-order chi connectivity index (χ0) is 15.7. The molecular weight excluding hydrogens is 320 g/mol. The molecule has 4 nitrogen and oxygen atoms in total. The fourth-order valence-electron chi connectivity index (χ4n) is 3.05. The number of nitrogens with zero attached hydrogens (tertiary/aromatic N) is 2. The number of carbonyl (C=O) groups excluding carboxylic acids is 1. The highest BCUT2D eigenvalue weighted by Crippen LogP contribution is 2.28. The summed E-state index contributed by atoms with van der Waals surface area (Å²) in [6, 6.07) is 5.97. The van der Waals surface area contributed by atoms with Crippen molar-refractivity contribution in [2.45, 2.75) is 50.4 Å². The Bertz CT molecular complexity index is 678. The zero-order valence-corrected chi connectivity index (χ0v) is 14.3. The maximum Gasteiger partial charge on any atom is 0.257 e. The smallest absolute Gasteiger partial charge is 0.257 e. The van der Waals surface area contributed by atoms with Gasteiger partial charge in [-0.3, -0.25) is 4.79 Å². The van der Waals surface area contributed by atoms with Crippen LogP contribution < -0.4 is 0 Å². The molecule has 6 heteroatoms. The summed E-state index contributed by atoms with van der Waals surface area (Å²) in [5.41, 5.74) is 1.42. The van der Waals surface area contributed by atoms with E-state index in [2.05, 4.69) is 18.8 Å². The van der Waals surface area contributed by atoms with Gasteiger partial charge in [0.25, 0.3) is 5.22 Å². The lowest BCUT2D eigenvalue weighted by molar-refractivity contribution is -0.134. The first-order chi connectivity index (χ1) is 10.5. The van der Waals surface area contributed by atoms with Crippen LogP contribution in [0.3, 0.4) is 0 Å². The first-order valence-electron chi connectivity index (χ1n) is 7.54. The van der Waals surface area contributed by atoms with E-state index in [1.807, 2.05) is 4.90 Å². The standard InChI is InChI=1S/C16H19ClN2O2S/c1-10-4-3-5-11(2)19(10)15(20)9-22-16-18-13-8-12(17)6-7-14(13)21-16/h6-8,10-11H,3-5,9H2,1-2H3/t10-,11-/m1/s1. The van der Waals surface area contributed by atoms with Crippen LogP contribution in [0.1, 0.15) is 33.1 Å². The summed E-state index contributed by atoms with van der Waals surface area (Å²) in [5, 5.41) is 1.15. The molecule has 0 unspecified atom stereocenters. The Labute approximate surface area is 139 Å². The summed E-state index contributed by atoms with van der Waals surface area (Å²) in [5.74, 6) is 0.514. The van der Waals surface area contributed by atoms with Gasteiger partial charge in [0.15, 0.2) is 5.58 Å². The fraction of sp³-hybridized carbons (Fsp3) is 0.500. The average molecular weight is 339 g/mol. The van der Waals surface area contributed by atoms with Gasteiger partial charge in [-0.2, -0.15) is 0 Å². The van der Waals surface area contributed by atoms with Crippen molar-refractivity contribution in [3.05, 3.63) is 23.2 Å². The maximum atomic E-state index is 12.5. The van der Waals surface area contributed by atoms with Crippen LogP contribution in [0.25, 0.3) is 11.1 Å². The van der Waals surface area contributed by atoms with Crippen LogP contribution in [0.4, 0.5) is 0 Å². The van der Waals surface area contributed by atoms with Crippen LogP contribution in [0.5, 0.6) is 0 Å². The predicted molar refractivity (Wildman–Crippen MR) is 89.4 cm³/mol. The second kappa shape index (κ2) is 6.50. The van der Waals surface area contributed by atoms with Gasteiger partial charge in [-0.05, 0) is 51.3 Å². The van der Waals surface area contributed by atoms with Gasteiger partial charge >= 0.3 is 0 Å². The third-order valence-electron chi connectivity index (χ3n) is 4.13. The van der Waals surface area contributed by atoms with Crippen LogP contribution in [0.2, 0.25) is 5.02 Å². The van der Waals surface area contributed by atoms with Gasteiger partial charge < -0.3 is 9.32 Å². The number of amides is 1. The van der Waals surface area contributed by atoms with E-state index in [4.69, 9.17) is 16.0 Å². The predicted octanol–water partition coefficient (Wildman–Crippen LogP) is 4.36. The number of aromatic nitrogens is 1. The molecule has 0 spiro atoms. The van der Waals surface area contributed by atoms with Gasteiger partial charge in [0.2, 0.25) is 5.91 Å². The quantitative estimate of drug-likeness (QED) is 0.780. The van der Waals surface area contributed by atoms with Gasteiger partial charge in [-0.25, -0.2) is 4.98 Å². The van der Waals surface area contributed by atoms with E-state index in [0.29, 0.717) is 33.7 Å². The Balaban J connectivity index is 1.66. The molecular formula is C16H19ClN2O2S. The molecule has 2 heterocycles. The third kappa shape index (κ3) is 3.25. The van der Waals surface area contributed by atoms with Crippen LogP contribution in [0, 0.1) is 0 Å². The van der Waals surface area contributed by atoms with Crippen LogP contribution >= 0.6 is 23.4 Å². The molecule has 0 saturated carbocycles. The number of benzene rings is 1. The largest absolute Gasteiger partial charge is 0.431 e. The number of oxazole rings is 1. The highest BCUT2D eigenvalue weighted by Gasteiger charge is 2.28. The van der Waals surface area contributed by atoms with Crippen LogP contribution in [-0.4, -0.2) is 33.6 Å². The van der Waals surface area contributed by atoms with E-state index >= 15 is 0 Å². The Morgan fingerprint density at radius 2 is 2.14 bits per heavy atom. The lowest BCUT2D eigenvalue weighted by Gasteiger charge is -2.39. The second-order valence-electron chi connectivity index (χ2n) is 5.81. The van der Waals surface area contributed by atoms with Gasteiger partial charge in [0.1, 0.15) is 5.52 Å². The fourth-order valence-corrected chi connectivity index (χ4v) is 3.93. The van der Waals surface area contributed by atoms with E-state index < -0.39 is 0 Å². The van der Waals surface area contributed by atoms with Crippen molar-refractivity contribution in [1.29, 1.82) is 0 Å². The number of likely N-dealkylation sites (tertiary alicyclic amines) is 1. The number of rotatable bonds is 3. The molecule has 1 aromatic carbocycles. The van der Waals surface area contributed by atoms with E-state index in [1.54, 1.807) is 18.2 Å². The first-order valence-corrected chi connectivity index (χ1v) is 8.91. The molecule has 1 aromatic heterocycles. The lowest BCUT2D eigenvalue weighted by Crippen LogP contribution is -2.48. The normalized spacial score (nSPS) is 22.2. The molecule has 0 aliphatic carbocycles. The molecule has 22 heavy (non-hydrogen) atoms. The minimum atomic E-state index is 0.157. The number of thioether (sulfide) groups is 1. The van der Waals surface area contributed by atoms with Crippen LogP contribution in [0.15, 0.2) is 27.8 Å². The summed E-state index contributed by atoms with van der Waals surface area (Å²) in [6.45, 7) is 4.25. The lowest BCUT2D eigenvalue weighted by atomic mass is 9.98. The van der Waals surface area contributed by atoms with Gasteiger partial charge in [0, 0.05) is 17.1 Å². The Kier molecular flexibility index (Phi) is 4.64. The summed E-state index contributed by atoms with van der Waals surface area (Å²) in [4.78, 5) is 18.9. The zero-order valence-electron chi connectivity index (χ0n) is 12.7. The molecule has 1 saturated heterocycles. The van der Waals surface area contributed by atoms with Crippen molar-refractivity contribution >= 4 is 40.4 Å². The third-order valence-corrected chi connectivity index (χ3v) is 5.18. The molecule has 1 amide bonds. The van der Waals surface area contributed by atoms with Crippen molar-refractivity contribution in [1.82, 2.24) is 9.88 Å². The average Bonchev–Trinajstić information content (AvgIpc) is 2.87. The SMILES string of the molecule is C[C@@H]1CCC[C@@H](C)N1C(=O)CSc1nc2cc(Cl)ccc2o1. The van der Waals surface area contributed by atoms with Crippen LogP contribution in [-0.2, 0) is 4.79 Å². The van der Waals surface area contributed by atoms with Gasteiger partial charge in [-0.15, -0.1) is 0 Å². The first kappa shape index (κ1) is 15.7. The second-order valence-corrected chi connectivity index (χ2v) is 7.17.